The van der Waals surface area contributed by atoms with Crippen LogP contribution in [0.25, 0.3) is 116 Å². The Morgan fingerprint density at radius 2 is 0.727 bits per heavy atom. The minimum atomic E-state index is 0.640. The highest BCUT2D eigenvalue weighted by atomic mass is 15.0. The van der Waals surface area contributed by atoms with Crippen LogP contribution in [0.5, 0.6) is 0 Å². The third-order valence-electron chi connectivity index (χ3n) is 11.4. The minimum Gasteiger partial charge on any atom is -0.308 e. The molecule has 55 heavy (non-hydrogen) atoms. The van der Waals surface area contributed by atoms with Crippen LogP contribution >= 0.6 is 0 Å². The van der Waals surface area contributed by atoms with Gasteiger partial charge in [-0.25, -0.2) is 15.0 Å². The molecule has 12 rings (SSSR count). The predicted molar refractivity (Wildman–Crippen MR) is 229 cm³/mol. The maximum absolute atomic E-state index is 5.32. The Labute approximate surface area is 316 Å². The summed E-state index contributed by atoms with van der Waals surface area (Å²) in [6, 6.07) is 64.9. The average molecular weight is 699 g/mol. The molecular weight excluding hydrogens is 669 g/mol. The Hall–Kier alpha value is -7.43. The lowest BCUT2D eigenvalue weighted by Crippen LogP contribution is -2.01. The minimum absolute atomic E-state index is 0.640. The summed E-state index contributed by atoms with van der Waals surface area (Å²) >= 11 is 0. The fourth-order valence-electron chi connectivity index (χ4n) is 8.97. The van der Waals surface area contributed by atoms with Crippen LogP contribution in [-0.2, 0) is 0 Å². The van der Waals surface area contributed by atoms with Gasteiger partial charge in [-0.15, -0.1) is 0 Å². The lowest BCUT2D eigenvalue weighted by molar-refractivity contribution is 1.07. The fourth-order valence-corrected chi connectivity index (χ4v) is 8.97. The third kappa shape index (κ3) is 4.37. The van der Waals surface area contributed by atoms with Gasteiger partial charge in [-0.05, 0) is 67.7 Å². The van der Waals surface area contributed by atoms with Gasteiger partial charge in [0.15, 0.2) is 17.5 Å². The van der Waals surface area contributed by atoms with Crippen molar-refractivity contribution in [3.63, 3.8) is 0 Å². The zero-order valence-electron chi connectivity index (χ0n) is 29.6. The van der Waals surface area contributed by atoms with Crippen molar-refractivity contribution in [1.29, 1.82) is 0 Å². The third-order valence-corrected chi connectivity index (χ3v) is 11.4. The quantitative estimate of drug-likeness (QED) is 0.172. The molecule has 4 heteroatoms. The second-order valence-corrected chi connectivity index (χ2v) is 14.3. The van der Waals surface area contributed by atoms with Crippen molar-refractivity contribution in [2.24, 2.45) is 0 Å². The van der Waals surface area contributed by atoms with E-state index in [0.29, 0.717) is 17.5 Å². The van der Waals surface area contributed by atoms with Crippen molar-refractivity contribution < 1.29 is 0 Å². The summed E-state index contributed by atoms with van der Waals surface area (Å²) in [6.07, 6.45) is 0. The summed E-state index contributed by atoms with van der Waals surface area (Å²) in [5, 5.41) is 12.2. The van der Waals surface area contributed by atoms with E-state index in [9.17, 15) is 0 Å². The van der Waals surface area contributed by atoms with Crippen LogP contribution in [0.1, 0.15) is 0 Å². The van der Waals surface area contributed by atoms with E-state index >= 15 is 0 Å². The molecule has 0 atom stereocenters. The number of hydrogen-bond donors (Lipinski definition) is 0. The number of para-hydroxylation sites is 2. The number of fused-ring (bicyclic) bond motifs is 12. The average Bonchev–Trinajstić information content (AvgIpc) is 3.79. The second-order valence-electron chi connectivity index (χ2n) is 14.3. The SMILES string of the molecule is c1ccc(-c2nc(-c3ccccc3)nc(-c3cc4c5ccccc5c5ccccc5c4cc3-c3ccc4c5ccccc5n5c6ccccc6c3c45)n2)cc1. The van der Waals surface area contributed by atoms with Gasteiger partial charge in [0.25, 0.3) is 0 Å². The van der Waals surface area contributed by atoms with Crippen LogP contribution < -0.4 is 0 Å². The van der Waals surface area contributed by atoms with E-state index in [1.165, 1.54) is 70.4 Å². The van der Waals surface area contributed by atoms with Crippen LogP contribution in [0.4, 0.5) is 0 Å². The molecule has 0 bridgehead atoms. The summed E-state index contributed by atoms with van der Waals surface area (Å²) in [4.78, 5) is 15.7. The van der Waals surface area contributed by atoms with Crippen LogP contribution in [0.2, 0.25) is 0 Å². The topological polar surface area (TPSA) is 43.1 Å². The van der Waals surface area contributed by atoms with Crippen LogP contribution in [0, 0.1) is 0 Å². The Kier molecular flexibility index (Phi) is 6.31. The Morgan fingerprint density at radius 1 is 0.291 bits per heavy atom. The molecule has 0 unspecified atom stereocenters. The first kappa shape index (κ1) is 30.1. The van der Waals surface area contributed by atoms with Crippen LogP contribution in [0.3, 0.4) is 0 Å². The smallest absolute Gasteiger partial charge is 0.164 e. The monoisotopic (exact) mass is 698 g/mol. The number of benzene rings is 9. The molecule has 3 heterocycles. The number of rotatable bonds is 4. The van der Waals surface area contributed by atoms with E-state index < -0.39 is 0 Å². The summed E-state index contributed by atoms with van der Waals surface area (Å²) in [6.45, 7) is 0. The molecule has 254 valence electrons. The van der Waals surface area contributed by atoms with Gasteiger partial charge in [0.1, 0.15) is 0 Å². The second kappa shape index (κ2) is 11.5. The fraction of sp³-hybridized carbons (Fsp3) is 0. The van der Waals surface area contributed by atoms with Gasteiger partial charge in [-0.3, -0.25) is 0 Å². The molecular formula is C51H30N4. The Balaban J connectivity index is 1.27. The van der Waals surface area contributed by atoms with Crippen LogP contribution in [-0.4, -0.2) is 19.4 Å². The van der Waals surface area contributed by atoms with Crippen molar-refractivity contribution >= 4 is 70.4 Å². The molecule has 12 aromatic rings. The lowest BCUT2D eigenvalue weighted by atomic mass is 9.87. The van der Waals surface area contributed by atoms with Crippen molar-refractivity contribution in [3.8, 4) is 45.3 Å². The number of hydrogen-bond acceptors (Lipinski definition) is 3. The molecule has 0 aliphatic rings. The first-order chi connectivity index (χ1) is 27.3. The summed E-state index contributed by atoms with van der Waals surface area (Å²) < 4.78 is 2.45. The van der Waals surface area contributed by atoms with Crippen molar-refractivity contribution in [2.75, 3.05) is 0 Å². The molecule has 0 aliphatic heterocycles. The van der Waals surface area contributed by atoms with Gasteiger partial charge in [0.2, 0.25) is 0 Å². The van der Waals surface area contributed by atoms with Gasteiger partial charge >= 0.3 is 0 Å². The van der Waals surface area contributed by atoms with Gasteiger partial charge in [-0.2, -0.15) is 0 Å². The lowest BCUT2D eigenvalue weighted by Gasteiger charge is -2.17. The molecule has 0 fully saturated rings. The Morgan fingerprint density at radius 3 is 1.31 bits per heavy atom. The van der Waals surface area contributed by atoms with E-state index in [1.807, 2.05) is 36.4 Å². The van der Waals surface area contributed by atoms with E-state index in [4.69, 9.17) is 15.0 Å². The molecule has 0 radical (unpaired) electrons. The zero-order valence-corrected chi connectivity index (χ0v) is 29.6. The van der Waals surface area contributed by atoms with Crippen molar-refractivity contribution in [1.82, 2.24) is 19.4 Å². The number of nitrogens with zero attached hydrogens (tertiary/aromatic N) is 4. The van der Waals surface area contributed by atoms with E-state index in [-0.39, 0.29) is 0 Å². The first-order valence-electron chi connectivity index (χ1n) is 18.7. The van der Waals surface area contributed by atoms with Crippen molar-refractivity contribution in [2.45, 2.75) is 0 Å². The normalized spacial score (nSPS) is 12.0. The summed E-state index contributed by atoms with van der Waals surface area (Å²) in [5.41, 5.74) is 8.75. The van der Waals surface area contributed by atoms with Gasteiger partial charge < -0.3 is 4.40 Å². The Bertz CT molecular complexity index is 3420. The molecule has 0 aliphatic carbocycles. The predicted octanol–water partition coefficient (Wildman–Crippen LogP) is 13.1. The van der Waals surface area contributed by atoms with Gasteiger partial charge in [-0.1, -0.05) is 158 Å². The van der Waals surface area contributed by atoms with Crippen LogP contribution in [0.15, 0.2) is 182 Å². The molecule has 9 aromatic carbocycles. The van der Waals surface area contributed by atoms with E-state index in [1.54, 1.807) is 0 Å². The molecule has 0 saturated carbocycles. The molecule has 0 spiro atoms. The summed E-state index contributed by atoms with van der Waals surface area (Å²) in [7, 11) is 0. The summed E-state index contributed by atoms with van der Waals surface area (Å²) in [5.74, 6) is 1.93. The van der Waals surface area contributed by atoms with Gasteiger partial charge in [0, 0.05) is 38.2 Å². The maximum Gasteiger partial charge on any atom is 0.164 e. The first-order valence-corrected chi connectivity index (χ1v) is 18.7. The molecule has 0 saturated heterocycles. The molecule has 0 amide bonds. The van der Waals surface area contributed by atoms with Crippen molar-refractivity contribution in [3.05, 3.63) is 182 Å². The maximum atomic E-state index is 5.32. The highest BCUT2D eigenvalue weighted by Gasteiger charge is 2.24. The number of aromatic nitrogens is 4. The zero-order chi connectivity index (χ0) is 36.0. The van der Waals surface area contributed by atoms with Gasteiger partial charge in [0.05, 0.1) is 16.6 Å². The largest absolute Gasteiger partial charge is 0.308 e. The highest BCUT2D eigenvalue weighted by molar-refractivity contribution is 6.30. The molecule has 3 aromatic heterocycles. The highest BCUT2D eigenvalue weighted by Crippen LogP contribution is 2.47. The van der Waals surface area contributed by atoms with E-state index in [0.717, 1.165) is 27.8 Å². The molecule has 0 N–H and O–H groups in total. The standard InChI is InChI=1S/C51H30N4/c1-3-15-31(16-4-1)49-52-50(32-17-5-2-6-18-32)54-51(53-49)44-30-42-36-22-10-8-20-34(36)33-19-7-9-21-35(33)41(42)29-43(44)38-27-28-39-37-23-11-13-25-45(37)55-46-26-14-12-24-40(46)47(38)48(39)55/h1-30H. The van der Waals surface area contributed by atoms with E-state index in [2.05, 4.69) is 150 Å². The molecule has 4 nitrogen and oxygen atoms in total.